The fraction of sp³-hybridized carbons (Fsp3) is 0.105. The van der Waals surface area contributed by atoms with Gasteiger partial charge in [0, 0.05) is 27.1 Å². The number of anilines is 1. The fourth-order valence-corrected chi connectivity index (χ4v) is 3.59. The molecule has 0 saturated heterocycles. The molecule has 0 radical (unpaired) electrons. The van der Waals surface area contributed by atoms with E-state index in [0.717, 1.165) is 28.5 Å². The molecule has 0 unspecified atom stereocenters. The summed E-state index contributed by atoms with van der Waals surface area (Å²) in [5, 5.41) is 12.8. The third-order valence-corrected chi connectivity index (χ3v) is 5.62. The van der Waals surface area contributed by atoms with Crippen molar-refractivity contribution in [3.8, 4) is 17.2 Å². The number of carbonyl (C=O) groups is 1. The lowest BCUT2D eigenvalue weighted by Crippen LogP contribution is -2.11. The van der Waals surface area contributed by atoms with Crippen molar-refractivity contribution < 1.29 is 4.79 Å². The molecule has 2 aromatic heterocycles. The van der Waals surface area contributed by atoms with Gasteiger partial charge in [-0.15, -0.1) is 5.10 Å². The minimum Gasteiger partial charge on any atom is -0.297 e. The average Bonchev–Trinajstić information content (AvgIpc) is 3.31. The van der Waals surface area contributed by atoms with Gasteiger partial charge in [-0.1, -0.05) is 34.5 Å². The summed E-state index contributed by atoms with van der Waals surface area (Å²) < 4.78 is 6.01. The lowest BCUT2D eigenvalue weighted by atomic mass is 10.2. The second kappa shape index (κ2) is 7.90. The van der Waals surface area contributed by atoms with Crippen LogP contribution in [0.15, 0.2) is 42.5 Å². The molecule has 2 heterocycles. The Labute approximate surface area is 180 Å². The molecule has 2 aromatic carbocycles. The highest BCUT2D eigenvalue weighted by Crippen LogP contribution is 2.27. The lowest BCUT2D eigenvalue weighted by molar-refractivity contribution is 0.102. The summed E-state index contributed by atoms with van der Waals surface area (Å²) in [6.45, 7) is 3.80. The van der Waals surface area contributed by atoms with Crippen LogP contribution >= 0.6 is 34.7 Å². The Morgan fingerprint density at radius 1 is 1.10 bits per heavy atom. The summed E-state index contributed by atoms with van der Waals surface area (Å²) in [7, 11) is 0. The maximum absolute atomic E-state index is 12.3. The van der Waals surface area contributed by atoms with E-state index in [4.69, 9.17) is 23.2 Å². The van der Waals surface area contributed by atoms with E-state index in [1.54, 1.807) is 28.9 Å². The highest BCUT2D eigenvalue weighted by atomic mass is 35.5. The number of rotatable bonds is 4. The first kappa shape index (κ1) is 19.5. The van der Waals surface area contributed by atoms with Gasteiger partial charge < -0.3 is 0 Å². The first-order valence-corrected chi connectivity index (χ1v) is 10.1. The van der Waals surface area contributed by atoms with Crippen LogP contribution in [0.25, 0.3) is 17.2 Å². The third-order valence-electron chi connectivity index (χ3n) is 4.33. The molecule has 4 rings (SSSR count). The molecule has 1 amide bonds. The summed E-state index contributed by atoms with van der Waals surface area (Å²) in [5.41, 5.74) is 3.51. The van der Waals surface area contributed by atoms with Crippen LogP contribution in [0.2, 0.25) is 10.0 Å². The molecular weight excluding hydrogens is 431 g/mol. The van der Waals surface area contributed by atoms with Gasteiger partial charge in [0.15, 0.2) is 11.5 Å². The van der Waals surface area contributed by atoms with Crippen LogP contribution in [-0.2, 0) is 0 Å². The van der Waals surface area contributed by atoms with Gasteiger partial charge in [-0.05, 0) is 55.8 Å². The van der Waals surface area contributed by atoms with Crippen molar-refractivity contribution in [3.05, 3.63) is 69.3 Å². The predicted octanol–water partition coefficient (Wildman–Crippen LogP) is 4.96. The molecule has 0 aliphatic carbocycles. The van der Waals surface area contributed by atoms with Crippen molar-refractivity contribution in [2.45, 2.75) is 13.8 Å². The number of amides is 1. The Bertz CT molecular complexity index is 1200. The number of aromatic nitrogens is 5. The standard InChI is InChI=1S/C19H14Cl2N6OS/c1-10-14(21)4-3-5-15(10)27-11(2)16(24-26-27)17-22-19(29-25-17)23-18(28)12-6-8-13(20)9-7-12/h3-9H,1-2H3,(H,22,23,25,28). The normalized spacial score (nSPS) is 10.9. The van der Waals surface area contributed by atoms with Crippen molar-refractivity contribution in [2.75, 3.05) is 5.32 Å². The molecule has 0 atom stereocenters. The van der Waals surface area contributed by atoms with Crippen LogP contribution in [0.5, 0.6) is 0 Å². The largest absolute Gasteiger partial charge is 0.297 e. The number of carbonyl (C=O) groups excluding carboxylic acids is 1. The van der Waals surface area contributed by atoms with E-state index >= 15 is 0 Å². The predicted molar refractivity (Wildman–Crippen MR) is 114 cm³/mol. The molecule has 1 N–H and O–H groups in total. The second-order valence-electron chi connectivity index (χ2n) is 6.20. The van der Waals surface area contributed by atoms with Crippen molar-refractivity contribution in [1.29, 1.82) is 0 Å². The van der Waals surface area contributed by atoms with Crippen molar-refractivity contribution >= 4 is 45.8 Å². The average molecular weight is 445 g/mol. The van der Waals surface area contributed by atoms with Crippen molar-refractivity contribution in [3.63, 3.8) is 0 Å². The zero-order valence-electron chi connectivity index (χ0n) is 15.3. The first-order chi connectivity index (χ1) is 13.9. The summed E-state index contributed by atoms with van der Waals surface area (Å²) in [4.78, 5) is 16.7. The zero-order chi connectivity index (χ0) is 20.5. The Hall–Kier alpha value is -2.81. The molecule has 0 bridgehead atoms. The topological polar surface area (TPSA) is 85.6 Å². The SMILES string of the molecule is Cc1c(Cl)cccc1-n1nnc(-c2nsc(NC(=O)c3ccc(Cl)cc3)n2)c1C. The van der Waals surface area contributed by atoms with Gasteiger partial charge >= 0.3 is 0 Å². The third kappa shape index (κ3) is 3.87. The van der Waals surface area contributed by atoms with E-state index in [0.29, 0.717) is 32.3 Å². The molecule has 0 aliphatic heterocycles. The molecule has 7 nitrogen and oxygen atoms in total. The number of halogens is 2. The number of hydrogen-bond acceptors (Lipinski definition) is 6. The van der Waals surface area contributed by atoms with Crippen LogP contribution < -0.4 is 5.32 Å². The monoisotopic (exact) mass is 444 g/mol. The number of nitrogens with one attached hydrogen (secondary N) is 1. The van der Waals surface area contributed by atoms with Crippen molar-refractivity contribution in [2.24, 2.45) is 0 Å². The van der Waals surface area contributed by atoms with Gasteiger partial charge in [-0.3, -0.25) is 10.1 Å². The Kier molecular flexibility index (Phi) is 5.31. The summed E-state index contributed by atoms with van der Waals surface area (Å²) in [6.07, 6.45) is 0. The summed E-state index contributed by atoms with van der Waals surface area (Å²) in [6, 6.07) is 12.2. The molecule has 0 saturated carbocycles. The molecule has 4 aromatic rings. The Balaban J connectivity index is 1.59. The minimum atomic E-state index is -0.292. The van der Waals surface area contributed by atoms with Gasteiger partial charge in [-0.25, -0.2) is 4.68 Å². The van der Waals surface area contributed by atoms with E-state index in [1.807, 2.05) is 32.0 Å². The molecular formula is C19H14Cl2N6OS. The van der Waals surface area contributed by atoms with E-state index in [1.165, 1.54) is 0 Å². The van der Waals surface area contributed by atoms with E-state index in [9.17, 15) is 4.79 Å². The maximum atomic E-state index is 12.3. The first-order valence-electron chi connectivity index (χ1n) is 8.53. The molecule has 0 aliphatic rings. The second-order valence-corrected chi connectivity index (χ2v) is 7.80. The lowest BCUT2D eigenvalue weighted by Gasteiger charge is -2.08. The molecule has 0 fully saturated rings. The van der Waals surface area contributed by atoms with Crippen LogP contribution in [0, 0.1) is 13.8 Å². The van der Waals surface area contributed by atoms with Gasteiger partial charge in [0.25, 0.3) is 5.91 Å². The molecule has 0 spiro atoms. The highest BCUT2D eigenvalue weighted by Gasteiger charge is 2.19. The van der Waals surface area contributed by atoms with Crippen LogP contribution in [0.3, 0.4) is 0 Å². The van der Waals surface area contributed by atoms with E-state index < -0.39 is 0 Å². The van der Waals surface area contributed by atoms with E-state index in [-0.39, 0.29) is 5.91 Å². The van der Waals surface area contributed by atoms with Crippen LogP contribution in [-0.4, -0.2) is 30.3 Å². The minimum absolute atomic E-state index is 0.292. The Morgan fingerprint density at radius 3 is 2.62 bits per heavy atom. The highest BCUT2D eigenvalue weighted by molar-refractivity contribution is 7.10. The smallest absolute Gasteiger partial charge is 0.257 e. The number of hydrogen-bond donors (Lipinski definition) is 1. The summed E-state index contributed by atoms with van der Waals surface area (Å²) in [5.74, 6) is 0.101. The van der Waals surface area contributed by atoms with Crippen LogP contribution in [0.4, 0.5) is 5.13 Å². The summed E-state index contributed by atoms with van der Waals surface area (Å²) >= 11 is 13.1. The number of nitrogens with zero attached hydrogens (tertiary/aromatic N) is 5. The zero-order valence-corrected chi connectivity index (χ0v) is 17.7. The van der Waals surface area contributed by atoms with E-state index in [2.05, 4.69) is 25.0 Å². The quantitative estimate of drug-likeness (QED) is 0.480. The molecule has 10 heteroatoms. The van der Waals surface area contributed by atoms with Gasteiger partial charge in [0.2, 0.25) is 5.13 Å². The van der Waals surface area contributed by atoms with Gasteiger partial charge in [0.05, 0.1) is 11.4 Å². The number of benzene rings is 2. The fourth-order valence-electron chi connectivity index (χ4n) is 2.73. The van der Waals surface area contributed by atoms with Crippen molar-refractivity contribution in [1.82, 2.24) is 24.4 Å². The molecule has 29 heavy (non-hydrogen) atoms. The molecule has 146 valence electrons. The Morgan fingerprint density at radius 2 is 1.86 bits per heavy atom. The van der Waals surface area contributed by atoms with Gasteiger partial charge in [0.1, 0.15) is 0 Å². The van der Waals surface area contributed by atoms with Gasteiger partial charge in [-0.2, -0.15) is 9.36 Å². The maximum Gasteiger partial charge on any atom is 0.257 e. The van der Waals surface area contributed by atoms with Crippen LogP contribution in [0.1, 0.15) is 21.6 Å².